The molecule has 3 N–H and O–H groups in total. The van der Waals surface area contributed by atoms with Crippen molar-refractivity contribution >= 4 is 17.8 Å². The Morgan fingerprint density at radius 3 is 2.38 bits per heavy atom. The molecule has 90 valence electrons. The largest absolute Gasteiger partial charge is 0.480 e. The van der Waals surface area contributed by atoms with Crippen LogP contribution in [0, 0.1) is 5.92 Å². The van der Waals surface area contributed by atoms with Crippen LogP contribution in [0.15, 0.2) is 0 Å². The van der Waals surface area contributed by atoms with E-state index < -0.39 is 5.97 Å². The van der Waals surface area contributed by atoms with Crippen LogP contribution in [0.5, 0.6) is 0 Å². The van der Waals surface area contributed by atoms with E-state index in [-0.39, 0.29) is 37.2 Å². The molecule has 1 aliphatic carbocycles. The molecule has 0 radical (unpaired) electrons. The van der Waals surface area contributed by atoms with Crippen molar-refractivity contribution < 1.29 is 19.5 Å². The van der Waals surface area contributed by atoms with Crippen molar-refractivity contribution in [2.75, 3.05) is 13.1 Å². The number of hydrogen-bond acceptors (Lipinski definition) is 3. The first-order chi connectivity index (χ1) is 7.59. The second-order valence-electron chi connectivity index (χ2n) is 3.84. The highest BCUT2D eigenvalue weighted by atomic mass is 16.4. The highest BCUT2D eigenvalue weighted by molar-refractivity contribution is 5.82. The van der Waals surface area contributed by atoms with E-state index in [1.165, 1.54) is 0 Å². The molecule has 0 aliphatic heterocycles. The topological polar surface area (TPSA) is 95.5 Å². The molecule has 0 saturated heterocycles. The Balaban J connectivity index is 2.03. The summed E-state index contributed by atoms with van der Waals surface area (Å²) in [4.78, 5) is 32.5. The number of nitrogens with one attached hydrogen (secondary N) is 2. The third-order valence-corrected chi connectivity index (χ3v) is 2.56. The number of carbonyl (C=O) groups is 3. The van der Waals surface area contributed by atoms with Crippen molar-refractivity contribution in [2.24, 2.45) is 5.92 Å². The predicted octanol–water partition coefficient (Wildman–Crippen LogP) is -0.506. The van der Waals surface area contributed by atoms with Gasteiger partial charge in [-0.25, -0.2) is 0 Å². The van der Waals surface area contributed by atoms with E-state index >= 15 is 0 Å². The van der Waals surface area contributed by atoms with Crippen molar-refractivity contribution in [3.63, 3.8) is 0 Å². The van der Waals surface area contributed by atoms with Crippen LogP contribution < -0.4 is 10.6 Å². The average Bonchev–Trinajstić information content (AvgIpc) is 2.11. The lowest BCUT2D eigenvalue weighted by Gasteiger charge is -2.23. The van der Waals surface area contributed by atoms with Crippen molar-refractivity contribution in [3.8, 4) is 0 Å². The second-order valence-corrected chi connectivity index (χ2v) is 3.84. The van der Waals surface area contributed by atoms with E-state index in [9.17, 15) is 14.4 Å². The number of aliphatic carboxylic acids is 1. The summed E-state index contributed by atoms with van der Waals surface area (Å²) < 4.78 is 0. The molecule has 1 aliphatic rings. The van der Waals surface area contributed by atoms with E-state index in [1.54, 1.807) is 0 Å². The molecule has 0 aromatic rings. The normalized spacial score (nSPS) is 15.0. The summed E-state index contributed by atoms with van der Waals surface area (Å²) in [5.41, 5.74) is 0. The van der Waals surface area contributed by atoms with Crippen LogP contribution in [-0.2, 0) is 14.4 Å². The maximum atomic E-state index is 11.3. The van der Waals surface area contributed by atoms with Gasteiger partial charge in [0.25, 0.3) is 0 Å². The van der Waals surface area contributed by atoms with E-state index in [0.717, 1.165) is 19.3 Å². The second kappa shape index (κ2) is 6.09. The molecule has 6 heteroatoms. The van der Waals surface area contributed by atoms with Gasteiger partial charge in [-0.15, -0.1) is 0 Å². The van der Waals surface area contributed by atoms with Crippen LogP contribution in [0.1, 0.15) is 25.7 Å². The van der Waals surface area contributed by atoms with E-state index in [2.05, 4.69) is 10.6 Å². The molecule has 0 unspecified atom stereocenters. The van der Waals surface area contributed by atoms with Gasteiger partial charge in [-0.3, -0.25) is 14.4 Å². The zero-order chi connectivity index (χ0) is 12.0. The van der Waals surface area contributed by atoms with Crippen LogP contribution in [0.4, 0.5) is 0 Å². The summed E-state index contributed by atoms with van der Waals surface area (Å²) >= 11 is 0. The quantitative estimate of drug-likeness (QED) is 0.570. The van der Waals surface area contributed by atoms with Gasteiger partial charge >= 0.3 is 5.97 Å². The lowest BCUT2D eigenvalue weighted by molar-refractivity contribution is -0.138. The molecule has 0 aromatic heterocycles. The van der Waals surface area contributed by atoms with Crippen molar-refractivity contribution in [3.05, 3.63) is 0 Å². The number of carboxylic acid groups (broad SMARTS) is 1. The Bertz CT molecular complexity index is 287. The third kappa shape index (κ3) is 4.29. The lowest BCUT2D eigenvalue weighted by Crippen LogP contribution is -2.37. The fraction of sp³-hybridized carbons (Fsp3) is 0.700. The third-order valence-electron chi connectivity index (χ3n) is 2.56. The molecular formula is C10H16N2O4. The molecule has 1 rings (SSSR count). The highest BCUT2D eigenvalue weighted by Gasteiger charge is 2.24. The molecule has 0 heterocycles. The number of hydrogen-bond donors (Lipinski definition) is 3. The Morgan fingerprint density at radius 1 is 1.19 bits per heavy atom. The predicted molar refractivity (Wildman–Crippen MR) is 55.6 cm³/mol. The van der Waals surface area contributed by atoms with Crippen LogP contribution in [0.2, 0.25) is 0 Å². The van der Waals surface area contributed by atoms with Gasteiger partial charge in [0.05, 0.1) is 0 Å². The van der Waals surface area contributed by atoms with Gasteiger partial charge in [-0.05, 0) is 12.8 Å². The van der Waals surface area contributed by atoms with Crippen LogP contribution in [-0.4, -0.2) is 36.0 Å². The van der Waals surface area contributed by atoms with Crippen LogP contribution >= 0.6 is 0 Å². The first-order valence-corrected chi connectivity index (χ1v) is 5.36. The smallest absolute Gasteiger partial charge is 0.322 e. The maximum Gasteiger partial charge on any atom is 0.322 e. The highest BCUT2D eigenvalue weighted by Crippen LogP contribution is 2.25. The minimum Gasteiger partial charge on any atom is -0.480 e. The minimum absolute atomic E-state index is 0.00251. The number of carboxylic acids is 1. The zero-order valence-corrected chi connectivity index (χ0v) is 8.99. The Morgan fingerprint density at radius 2 is 1.88 bits per heavy atom. The average molecular weight is 228 g/mol. The summed E-state index contributed by atoms with van der Waals surface area (Å²) in [7, 11) is 0. The minimum atomic E-state index is -1.08. The fourth-order valence-electron chi connectivity index (χ4n) is 1.38. The van der Waals surface area contributed by atoms with Crippen LogP contribution in [0.25, 0.3) is 0 Å². The lowest BCUT2D eigenvalue weighted by atomic mass is 9.85. The summed E-state index contributed by atoms with van der Waals surface area (Å²) in [6.45, 7) is -0.115. The van der Waals surface area contributed by atoms with E-state index in [1.807, 2.05) is 0 Å². The molecule has 16 heavy (non-hydrogen) atoms. The molecule has 0 atom stereocenters. The molecule has 0 aromatic carbocycles. The molecule has 0 spiro atoms. The number of carbonyl (C=O) groups excluding carboxylic acids is 2. The van der Waals surface area contributed by atoms with Gasteiger partial charge in [-0.2, -0.15) is 0 Å². The van der Waals surface area contributed by atoms with Gasteiger partial charge in [-0.1, -0.05) is 6.42 Å². The summed E-state index contributed by atoms with van der Waals surface area (Å²) in [6, 6.07) is 0. The standard InChI is InChI=1S/C10H16N2O4/c13-8(12-6-9(14)15)4-5-11-10(16)7-2-1-3-7/h7H,1-6H2,(H,11,16)(H,12,13)(H,14,15). The summed E-state index contributed by atoms with van der Waals surface area (Å²) in [5, 5.41) is 13.2. The number of rotatable bonds is 6. The van der Waals surface area contributed by atoms with Crippen molar-refractivity contribution in [1.82, 2.24) is 10.6 Å². The maximum absolute atomic E-state index is 11.3. The van der Waals surface area contributed by atoms with Gasteiger partial charge in [0, 0.05) is 18.9 Å². The van der Waals surface area contributed by atoms with Crippen molar-refractivity contribution in [2.45, 2.75) is 25.7 Å². The first-order valence-electron chi connectivity index (χ1n) is 5.36. The van der Waals surface area contributed by atoms with E-state index in [4.69, 9.17) is 5.11 Å². The molecule has 0 bridgehead atoms. The SMILES string of the molecule is O=C(O)CNC(=O)CCNC(=O)C1CCC1. The van der Waals surface area contributed by atoms with Crippen molar-refractivity contribution in [1.29, 1.82) is 0 Å². The monoisotopic (exact) mass is 228 g/mol. The number of amides is 2. The van der Waals surface area contributed by atoms with Gasteiger partial charge in [0.2, 0.25) is 11.8 Å². The Kier molecular flexibility index (Phi) is 4.75. The zero-order valence-electron chi connectivity index (χ0n) is 8.99. The Hall–Kier alpha value is -1.59. The molecular weight excluding hydrogens is 212 g/mol. The first kappa shape index (κ1) is 12.5. The Labute approximate surface area is 93.4 Å². The summed E-state index contributed by atoms with van der Waals surface area (Å²) in [5.74, 6) is -1.33. The van der Waals surface area contributed by atoms with Gasteiger partial charge < -0.3 is 15.7 Å². The van der Waals surface area contributed by atoms with E-state index in [0.29, 0.717) is 0 Å². The van der Waals surface area contributed by atoms with Gasteiger partial charge in [0.1, 0.15) is 6.54 Å². The molecule has 2 amide bonds. The molecule has 1 fully saturated rings. The summed E-state index contributed by atoms with van der Waals surface area (Å²) in [6.07, 6.45) is 3.07. The molecule has 1 saturated carbocycles. The fourth-order valence-corrected chi connectivity index (χ4v) is 1.38. The van der Waals surface area contributed by atoms with Crippen LogP contribution in [0.3, 0.4) is 0 Å². The molecule has 6 nitrogen and oxygen atoms in total. The van der Waals surface area contributed by atoms with Gasteiger partial charge in [0.15, 0.2) is 0 Å².